The second-order valence-corrected chi connectivity index (χ2v) is 13.6. The third kappa shape index (κ3) is 5.03. The number of hydrogen-bond donors (Lipinski definition) is 0. The molecule has 0 aliphatic rings. The highest BCUT2D eigenvalue weighted by Gasteiger charge is 2.24. The van der Waals surface area contributed by atoms with Crippen molar-refractivity contribution in [2.24, 2.45) is 0 Å². The van der Waals surface area contributed by atoms with E-state index in [-0.39, 0.29) is 0 Å². The van der Waals surface area contributed by atoms with Crippen molar-refractivity contribution >= 4 is 33.2 Å². The summed E-state index contributed by atoms with van der Waals surface area (Å²) in [5.41, 5.74) is 14.1. The Morgan fingerprint density at radius 1 is 0.389 bits per heavy atom. The molecule has 0 radical (unpaired) electrons. The first kappa shape index (κ1) is 31.5. The zero-order chi connectivity index (χ0) is 36.3. The number of hydrogen-bond acceptors (Lipinski definition) is 5. The molecule has 0 atom stereocenters. The Kier molecular flexibility index (Phi) is 7.30. The molecular formula is C46H34N8. The summed E-state index contributed by atoms with van der Waals surface area (Å²) in [5, 5.41) is 0. The molecule has 54 heavy (non-hydrogen) atoms. The fourth-order valence-corrected chi connectivity index (χ4v) is 7.55. The van der Waals surface area contributed by atoms with E-state index in [0.29, 0.717) is 11.4 Å². The predicted octanol–water partition coefficient (Wildman–Crippen LogP) is 10.4. The van der Waals surface area contributed by atoms with Crippen molar-refractivity contribution in [3.8, 4) is 51.5 Å². The lowest BCUT2D eigenvalue weighted by Gasteiger charge is -2.16. The van der Waals surface area contributed by atoms with E-state index in [1.165, 1.54) is 0 Å². The van der Waals surface area contributed by atoms with Gasteiger partial charge >= 0.3 is 0 Å². The molecular weight excluding hydrogens is 665 g/mol. The summed E-state index contributed by atoms with van der Waals surface area (Å²) in [7, 11) is 0. The van der Waals surface area contributed by atoms with Crippen LogP contribution in [0.2, 0.25) is 0 Å². The molecule has 0 unspecified atom stereocenters. The number of aromatic nitrogens is 8. The number of aryl methyl sites for hydroxylation is 3. The summed E-state index contributed by atoms with van der Waals surface area (Å²) in [5.74, 6) is 2.20. The number of para-hydroxylation sites is 7. The first-order chi connectivity index (χ1) is 26.5. The van der Waals surface area contributed by atoms with Crippen molar-refractivity contribution in [2.45, 2.75) is 20.8 Å². The molecule has 8 heteroatoms. The Bertz CT molecular complexity index is 2710. The van der Waals surface area contributed by atoms with E-state index >= 15 is 0 Å². The molecule has 0 amide bonds. The van der Waals surface area contributed by atoms with Crippen molar-refractivity contribution in [3.63, 3.8) is 0 Å². The summed E-state index contributed by atoms with van der Waals surface area (Å²) in [4.78, 5) is 26.1. The van der Waals surface area contributed by atoms with Gasteiger partial charge in [-0.25, -0.2) is 24.9 Å². The Balaban J connectivity index is 1.33. The van der Waals surface area contributed by atoms with Gasteiger partial charge in [-0.15, -0.1) is 0 Å². The summed E-state index contributed by atoms with van der Waals surface area (Å²) in [6, 6.07) is 49.8. The molecule has 0 N–H and O–H groups in total. The van der Waals surface area contributed by atoms with Crippen LogP contribution < -0.4 is 0 Å². The summed E-state index contributed by atoms with van der Waals surface area (Å²) >= 11 is 0. The fourth-order valence-electron chi connectivity index (χ4n) is 7.55. The number of fused-ring (bicyclic) bond motifs is 3. The van der Waals surface area contributed by atoms with E-state index in [0.717, 1.165) is 90.0 Å². The lowest BCUT2D eigenvalue weighted by molar-refractivity contribution is 1.04. The minimum Gasteiger partial charge on any atom is -0.291 e. The van der Waals surface area contributed by atoms with Crippen LogP contribution in [-0.2, 0) is 0 Å². The summed E-state index contributed by atoms with van der Waals surface area (Å²) < 4.78 is 6.59. The molecule has 10 rings (SSSR count). The van der Waals surface area contributed by atoms with E-state index in [2.05, 4.69) is 156 Å². The van der Waals surface area contributed by atoms with Gasteiger partial charge in [-0.05, 0) is 104 Å². The number of benzene rings is 5. The van der Waals surface area contributed by atoms with Crippen LogP contribution in [0.1, 0.15) is 16.7 Å². The van der Waals surface area contributed by atoms with Gasteiger partial charge in [-0.2, -0.15) is 0 Å². The highest BCUT2D eigenvalue weighted by Crippen LogP contribution is 2.37. The van der Waals surface area contributed by atoms with Crippen molar-refractivity contribution < 1.29 is 0 Å². The van der Waals surface area contributed by atoms with E-state index in [1.54, 1.807) is 0 Å². The van der Waals surface area contributed by atoms with Gasteiger partial charge in [0.1, 0.15) is 22.7 Å². The maximum atomic E-state index is 5.48. The Morgan fingerprint density at radius 2 is 0.815 bits per heavy atom. The maximum absolute atomic E-state index is 5.48. The molecule has 10 aromatic rings. The molecule has 258 valence electrons. The van der Waals surface area contributed by atoms with Gasteiger partial charge in [-0.1, -0.05) is 78.9 Å². The van der Waals surface area contributed by atoms with Crippen molar-refractivity contribution in [3.05, 3.63) is 168 Å². The van der Waals surface area contributed by atoms with Gasteiger partial charge in [0.25, 0.3) is 0 Å². The van der Waals surface area contributed by atoms with Crippen LogP contribution in [0.15, 0.2) is 152 Å². The van der Waals surface area contributed by atoms with Crippen LogP contribution in [0.3, 0.4) is 0 Å². The normalized spacial score (nSPS) is 11.6. The Morgan fingerprint density at radius 3 is 1.33 bits per heavy atom. The third-order valence-electron chi connectivity index (χ3n) is 10.1. The largest absolute Gasteiger partial charge is 0.291 e. The fraction of sp³-hybridized carbons (Fsp3) is 0.0652. The van der Waals surface area contributed by atoms with Crippen LogP contribution >= 0.6 is 0 Å². The van der Waals surface area contributed by atoms with Gasteiger partial charge < -0.3 is 0 Å². The Labute approximate surface area is 311 Å². The van der Waals surface area contributed by atoms with Crippen LogP contribution in [0.4, 0.5) is 0 Å². The van der Waals surface area contributed by atoms with Crippen LogP contribution in [0, 0.1) is 20.8 Å². The molecule has 5 aromatic heterocycles. The van der Waals surface area contributed by atoms with Crippen LogP contribution in [0.25, 0.3) is 84.7 Å². The van der Waals surface area contributed by atoms with Gasteiger partial charge in [0.15, 0.2) is 17.3 Å². The predicted molar refractivity (Wildman–Crippen MR) is 216 cm³/mol. The van der Waals surface area contributed by atoms with E-state index in [1.807, 2.05) is 30.5 Å². The Hall–Kier alpha value is -7.19. The number of rotatable bonds is 6. The van der Waals surface area contributed by atoms with Crippen LogP contribution in [-0.4, -0.2) is 38.6 Å². The van der Waals surface area contributed by atoms with Gasteiger partial charge in [0, 0.05) is 11.8 Å². The molecule has 0 saturated heterocycles. The zero-order valence-electron chi connectivity index (χ0n) is 30.0. The molecule has 5 heterocycles. The summed E-state index contributed by atoms with van der Waals surface area (Å²) in [6.45, 7) is 6.38. The van der Waals surface area contributed by atoms with Gasteiger partial charge in [0.2, 0.25) is 0 Å². The minimum atomic E-state index is 0.696. The highest BCUT2D eigenvalue weighted by atomic mass is 15.1. The SMILES string of the molecule is Cc1ccccc1-n1c(-c2cc(-c3nc4cccnc4n3-c3ccccc3C)cc(-c3nc4ccccc4n3-c3ccccc3C)n2)nc2ccccc21. The standard InChI is InChI=1S/C46H34N8/c1-29-15-4-9-21-38(29)52-41-24-12-7-18-33(41)49-45(52)36-27-32(43-51-35-20-14-26-47-44(35)54(43)40-23-11-6-17-31(40)3)28-37(48-36)46-50-34-19-8-13-25-42(34)53(46)39-22-10-5-16-30(39)2/h4-28H,1-3H3. The number of pyridine rings is 2. The second-order valence-electron chi connectivity index (χ2n) is 13.6. The maximum Gasteiger partial charge on any atom is 0.164 e. The molecule has 0 fully saturated rings. The lowest BCUT2D eigenvalue weighted by Crippen LogP contribution is -2.06. The second kappa shape index (κ2) is 12.5. The van der Waals surface area contributed by atoms with Crippen molar-refractivity contribution in [2.75, 3.05) is 0 Å². The first-order valence-electron chi connectivity index (χ1n) is 18.0. The molecule has 0 aliphatic carbocycles. The van der Waals surface area contributed by atoms with Gasteiger partial charge in [0.05, 0.1) is 39.1 Å². The quantitative estimate of drug-likeness (QED) is 0.173. The molecule has 0 bridgehead atoms. The molecule has 0 spiro atoms. The average Bonchev–Trinajstić information content (AvgIpc) is 3.91. The lowest BCUT2D eigenvalue weighted by atomic mass is 10.1. The summed E-state index contributed by atoms with van der Waals surface area (Å²) in [6.07, 6.45) is 1.82. The molecule has 5 aromatic carbocycles. The topological polar surface area (TPSA) is 79.2 Å². The number of imidazole rings is 3. The third-order valence-corrected chi connectivity index (χ3v) is 10.1. The minimum absolute atomic E-state index is 0.696. The monoisotopic (exact) mass is 698 g/mol. The molecule has 0 aliphatic heterocycles. The average molecular weight is 699 g/mol. The van der Waals surface area contributed by atoms with E-state index in [9.17, 15) is 0 Å². The zero-order valence-corrected chi connectivity index (χ0v) is 30.0. The molecule has 8 nitrogen and oxygen atoms in total. The first-order valence-corrected chi connectivity index (χ1v) is 18.0. The van der Waals surface area contributed by atoms with Crippen LogP contribution in [0.5, 0.6) is 0 Å². The highest BCUT2D eigenvalue weighted by molar-refractivity contribution is 5.88. The van der Waals surface area contributed by atoms with E-state index in [4.69, 9.17) is 24.9 Å². The van der Waals surface area contributed by atoms with Crippen molar-refractivity contribution in [1.29, 1.82) is 0 Å². The van der Waals surface area contributed by atoms with Gasteiger partial charge in [-0.3, -0.25) is 13.7 Å². The van der Waals surface area contributed by atoms with Crippen molar-refractivity contribution in [1.82, 2.24) is 38.6 Å². The smallest absolute Gasteiger partial charge is 0.164 e. The number of nitrogens with zero attached hydrogens (tertiary/aromatic N) is 8. The van der Waals surface area contributed by atoms with E-state index < -0.39 is 0 Å². The molecule has 0 saturated carbocycles.